The second kappa shape index (κ2) is 5.61. The summed E-state index contributed by atoms with van der Waals surface area (Å²) in [6.07, 6.45) is 2.96. The van der Waals surface area contributed by atoms with Crippen LogP contribution in [0.25, 0.3) is 0 Å². The van der Waals surface area contributed by atoms with Crippen molar-refractivity contribution in [2.24, 2.45) is 0 Å². The van der Waals surface area contributed by atoms with E-state index in [4.69, 9.17) is 9.47 Å². The summed E-state index contributed by atoms with van der Waals surface area (Å²) in [6, 6.07) is 5.27. The average molecular weight is 263 g/mol. The Balaban J connectivity index is 2.20. The highest BCUT2D eigenvalue weighted by Gasteiger charge is 2.32. The Labute approximate surface area is 114 Å². The molecular weight excluding hydrogens is 242 g/mol. The smallest absolute Gasteiger partial charge is 0.162 e. The van der Waals surface area contributed by atoms with E-state index in [1.807, 2.05) is 6.07 Å². The molecule has 4 nitrogen and oxygen atoms in total. The summed E-state index contributed by atoms with van der Waals surface area (Å²) >= 11 is 0. The Morgan fingerprint density at radius 1 is 1.37 bits per heavy atom. The zero-order valence-electron chi connectivity index (χ0n) is 11.8. The van der Waals surface area contributed by atoms with E-state index in [0.29, 0.717) is 17.1 Å². The van der Waals surface area contributed by atoms with Gasteiger partial charge in [0.05, 0.1) is 7.11 Å². The normalized spacial score (nSPS) is 23.9. The number of rotatable bonds is 4. The van der Waals surface area contributed by atoms with Gasteiger partial charge in [-0.25, -0.2) is 0 Å². The first-order valence-electron chi connectivity index (χ1n) is 6.57. The zero-order chi connectivity index (χ0) is 13.9. The standard InChI is InChI=1S/C15H21NO3/c1-15(7-4-8-16(2)11-15)19-13-6-5-12(10-17)9-14(13)18-3/h5-6,9-10H,4,7-8,11H2,1-3H3. The molecule has 0 bridgehead atoms. The first kappa shape index (κ1) is 13.9. The molecular formula is C15H21NO3. The summed E-state index contributed by atoms with van der Waals surface area (Å²) in [5.41, 5.74) is 0.387. The van der Waals surface area contributed by atoms with Gasteiger partial charge in [-0.15, -0.1) is 0 Å². The molecule has 1 aliphatic rings. The van der Waals surface area contributed by atoms with Crippen molar-refractivity contribution in [3.8, 4) is 11.5 Å². The lowest BCUT2D eigenvalue weighted by Gasteiger charge is -2.39. The number of hydrogen-bond donors (Lipinski definition) is 0. The van der Waals surface area contributed by atoms with Crippen molar-refractivity contribution in [2.45, 2.75) is 25.4 Å². The van der Waals surface area contributed by atoms with Gasteiger partial charge in [0.2, 0.25) is 0 Å². The number of ether oxygens (including phenoxy) is 2. The summed E-state index contributed by atoms with van der Waals surface area (Å²) < 4.78 is 11.5. The van der Waals surface area contributed by atoms with E-state index in [2.05, 4.69) is 18.9 Å². The Morgan fingerprint density at radius 2 is 2.16 bits per heavy atom. The molecule has 0 aromatic heterocycles. The van der Waals surface area contributed by atoms with Gasteiger partial charge < -0.3 is 14.4 Å². The number of aldehydes is 1. The van der Waals surface area contributed by atoms with Crippen LogP contribution in [0.15, 0.2) is 18.2 Å². The van der Waals surface area contributed by atoms with Crippen LogP contribution in [0.2, 0.25) is 0 Å². The molecule has 0 radical (unpaired) electrons. The number of likely N-dealkylation sites (N-methyl/N-ethyl adjacent to an activating group) is 1. The van der Waals surface area contributed by atoms with E-state index < -0.39 is 0 Å². The molecule has 1 atom stereocenters. The lowest BCUT2D eigenvalue weighted by Crippen LogP contribution is -2.48. The Hall–Kier alpha value is -1.55. The molecule has 1 aromatic carbocycles. The van der Waals surface area contributed by atoms with E-state index in [-0.39, 0.29) is 5.60 Å². The Morgan fingerprint density at radius 3 is 2.79 bits per heavy atom. The molecule has 19 heavy (non-hydrogen) atoms. The third-order valence-electron chi connectivity index (χ3n) is 3.53. The Bertz CT molecular complexity index is 461. The number of nitrogens with zero attached hydrogens (tertiary/aromatic N) is 1. The van der Waals surface area contributed by atoms with Gasteiger partial charge in [0.15, 0.2) is 11.5 Å². The summed E-state index contributed by atoms with van der Waals surface area (Å²) in [6.45, 7) is 4.13. The first-order valence-corrected chi connectivity index (χ1v) is 6.57. The number of methoxy groups -OCH3 is 1. The number of carbonyl (C=O) groups is 1. The van der Waals surface area contributed by atoms with Crippen molar-refractivity contribution in [3.63, 3.8) is 0 Å². The molecule has 1 saturated heterocycles. The molecule has 1 heterocycles. The minimum Gasteiger partial charge on any atom is -0.493 e. The molecule has 1 fully saturated rings. The summed E-state index contributed by atoms with van der Waals surface area (Å²) in [5, 5.41) is 0. The van der Waals surface area contributed by atoms with Gasteiger partial charge >= 0.3 is 0 Å². The molecule has 0 N–H and O–H groups in total. The molecule has 0 spiro atoms. The second-order valence-corrected chi connectivity index (χ2v) is 5.42. The quantitative estimate of drug-likeness (QED) is 0.782. The number of likely N-dealkylation sites (tertiary alicyclic amines) is 1. The van der Waals surface area contributed by atoms with E-state index in [1.54, 1.807) is 19.2 Å². The van der Waals surface area contributed by atoms with Crippen LogP contribution in [-0.4, -0.2) is 44.0 Å². The molecule has 0 saturated carbocycles. The van der Waals surface area contributed by atoms with Gasteiger partial charge in [-0.05, 0) is 51.6 Å². The fourth-order valence-corrected chi connectivity index (χ4v) is 2.64. The fraction of sp³-hybridized carbons (Fsp3) is 0.533. The highest BCUT2D eigenvalue weighted by Crippen LogP contribution is 2.33. The third kappa shape index (κ3) is 3.26. The van der Waals surface area contributed by atoms with E-state index in [1.165, 1.54) is 0 Å². The van der Waals surface area contributed by atoms with Crippen LogP contribution in [0.1, 0.15) is 30.1 Å². The van der Waals surface area contributed by atoms with Gasteiger partial charge in [0, 0.05) is 12.1 Å². The van der Waals surface area contributed by atoms with Crippen LogP contribution < -0.4 is 9.47 Å². The molecule has 1 unspecified atom stereocenters. The number of carbonyl (C=O) groups excluding carboxylic acids is 1. The lowest BCUT2D eigenvalue weighted by atomic mass is 9.95. The highest BCUT2D eigenvalue weighted by molar-refractivity contribution is 5.76. The maximum absolute atomic E-state index is 10.8. The maximum atomic E-state index is 10.8. The van der Waals surface area contributed by atoms with Gasteiger partial charge in [0.1, 0.15) is 11.9 Å². The van der Waals surface area contributed by atoms with Crippen molar-refractivity contribution < 1.29 is 14.3 Å². The lowest BCUT2D eigenvalue weighted by molar-refractivity contribution is 0.0137. The molecule has 4 heteroatoms. The SMILES string of the molecule is COc1cc(C=O)ccc1OC1(C)CCCN(C)C1. The van der Waals surface area contributed by atoms with Crippen LogP contribution in [0, 0.1) is 0 Å². The highest BCUT2D eigenvalue weighted by atomic mass is 16.5. The van der Waals surface area contributed by atoms with Crippen LogP contribution in [0.3, 0.4) is 0 Å². The van der Waals surface area contributed by atoms with Crippen LogP contribution >= 0.6 is 0 Å². The van der Waals surface area contributed by atoms with E-state index >= 15 is 0 Å². The number of piperidine rings is 1. The van der Waals surface area contributed by atoms with Crippen molar-refractivity contribution in [1.82, 2.24) is 4.90 Å². The largest absolute Gasteiger partial charge is 0.493 e. The van der Waals surface area contributed by atoms with Crippen molar-refractivity contribution in [2.75, 3.05) is 27.2 Å². The van der Waals surface area contributed by atoms with Gasteiger partial charge in [-0.2, -0.15) is 0 Å². The molecule has 104 valence electrons. The fourth-order valence-electron chi connectivity index (χ4n) is 2.64. The van der Waals surface area contributed by atoms with Crippen molar-refractivity contribution in [3.05, 3.63) is 23.8 Å². The minimum absolute atomic E-state index is 0.205. The molecule has 0 amide bonds. The van der Waals surface area contributed by atoms with Gasteiger partial charge in [0.25, 0.3) is 0 Å². The predicted octanol–water partition coefficient (Wildman–Crippen LogP) is 2.37. The first-order chi connectivity index (χ1) is 9.06. The van der Waals surface area contributed by atoms with Crippen molar-refractivity contribution in [1.29, 1.82) is 0 Å². The summed E-state index contributed by atoms with van der Waals surface area (Å²) in [4.78, 5) is 13.1. The topological polar surface area (TPSA) is 38.8 Å². The van der Waals surface area contributed by atoms with Crippen molar-refractivity contribution >= 4 is 6.29 Å². The maximum Gasteiger partial charge on any atom is 0.162 e. The zero-order valence-corrected chi connectivity index (χ0v) is 11.8. The number of hydrogen-bond acceptors (Lipinski definition) is 4. The monoisotopic (exact) mass is 263 g/mol. The Kier molecular flexibility index (Phi) is 4.10. The molecule has 1 aromatic rings. The third-order valence-corrected chi connectivity index (χ3v) is 3.53. The van der Waals surface area contributed by atoms with E-state index in [0.717, 1.165) is 32.2 Å². The summed E-state index contributed by atoms with van der Waals surface area (Å²) in [7, 11) is 3.69. The second-order valence-electron chi connectivity index (χ2n) is 5.42. The van der Waals surface area contributed by atoms with Gasteiger partial charge in [-0.3, -0.25) is 4.79 Å². The number of benzene rings is 1. The average Bonchev–Trinajstić information content (AvgIpc) is 2.38. The molecule has 2 rings (SSSR count). The molecule has 1 aliphatic heterocycles. The predicted molar refractivity (Wildman–Crippen MR) is 74.1 cm³/mol. The minimum atomic E-state index is -0.205. The van der Waals surface area contributed by atoms with Crippen LogP contribution in [0.4, 0.5) is 0 Å². The van der Waals surface area contributed by atoms with Gasteiger partial charge in [-0.1, -0.05) is 0 Å². The summed E-state index contributed by atoms with van der Waals surface area (Å²) in [5.74, 6) is 1.31. The van der Waals surface area contributed by atoms with Crippen LogP contribution in [-0.2, 0) is 0 Å². The van der Waals surface area contributed by atoms with E-state index in [9.17, 15) is 4.79 Å². The van der Waals surface area contributed by atoms with Crippen LogP contribution in [0.5, 0.6) is 11.5 Å². The molecule has 0 aliphatic carbocycles.